The van der Waals surface area contributed by atoms with E-state index in [1.165, 1.54) is 0 Å². The van der Waals surface area contributed by atoms with Crippen molar-refractivity contribution in [3.63, 3.8) is 0 Å². The van der Waals surface area contributed by atoms with Crippen molar-refractivity contribution in [2.75, 3.05) is 0 Å². The minimum Gasteiger partial charge on any atom is -0.388 e. The van der Waals surface area contributed by atoms with Gasteiger partial charge in [0.15, 0.2) is 17.5 Å². The Balaban J connectivity index is 2.49. The lowest BCUT2D eigenvalue weighted by Crippen LogP contribution is -2.09. The molecule has 1 aromatic rings. The van der Waals surface area contributed by atoms with Crippen molar-refractivity contribution < 1.29 is 22.7 Å². The third-order valence-electron chi connectivity index (χ3n) is 2.51. The number of hydrogen-bond acceptors (Lipinski definition) is 1. The maximum atomic E-state index is 13.1. The van der Waals surface area contributed by atoms with Crippen LogP contribution in [0.1, 0.15) is 24.5 Å². The smallest absolute Gasteiger partial charge is 0.194 e. The summed E-state index contributed by atoms with van der Waals surface area (Å²) in [5.41, 5.74) is -0.767. The molecule has 0 amide bonds. The van der Waals surface area contributed by atoms with Crippen LogP contribution >= 0.6 is 0 Å². The zero-order chi connectivity index (χ0) is 11.2. The fraction of sp³-hybridized carbons (Fsp3) is 0.400. The van der Waals surface area contributed by atoms with Crippen molar-refractivity contribution in [1.82, 2.24) is 0 Å². The molecule has 1 saturated carbocycles. The minimum atomic E-state index is -1.74. The first-order chi connectivity index (χ1) is 7.02. The Morgan fingerprint density at radius 1 is 1.07 bits per heavy atom. The summed E-state index contributed by atoms with van der Waals surface area (Å²) in [4.78, 5) is 0. The Bertz CT molecular complexity index is 401. The largest absolute Gasteiger partial charge is 0.388 e. The molecule has 82 valence electrons. The Kier molecular flexibility index (Phi) is 2.42. The molecule has 1 aliphatic carbocycles. The molecule has 0 heterocycles. The van der Waals surface area contributed by atoms with Gasteiger partial charge in [-0.15, -0.1) is 0 Å². The van der Waals surface area contributed by atoms with Gasteiger partial charge in [-0.2, -0.15) is 0 Å². The molecular formula is C10H8F4O. The van der Waals surface area contributed by atoms with Gasteiger partial charge in [0.25, 0.3) is 0 Å². The summed E-state index contributed by atoms with van der Waals surface area (Å²) in [6.45, 7) is 0. The molecule has 1 aliphatic rings. The van der Waals surface area contributed by atoms with E-state index in [4.69, 9.17) is 0 Å². The summed E-state index contributed by atoms with van der Waals surface area (Å²) in [5.74, 6) is -6.46. The summed E-state index contributed by atoms with van der Waals surface area (Å²) in [6, 6.07) is 0.249. The van der Waals surface area contributed by atoms with Gasteiger partial charge in [-0.25, -0.2) is 17.6 Å². The number of hydrogen-bond donors (Lipinski definition) is 1. The summed E-state index contributed by atoms with van der Waals surface area (Å²) in [6.07, 6.45) is -0.113. The lowest BCUT2D eigenvalue weighted by Gasteiger charge is -2.12. The summed E-state index contributed by atoms with van der Waals surface area (Å²) in [7, 11) is 0. The molecule has 0 saturated heterocycles. The standard InChI is InChI=1S/C10H8F4O/c11-5-3-6(12)8(13)9(14)7(5)10(15)4-1-2-4/h3-4,10,15H,1-2H2. The average Bonchev–Trinajstić information content (AvgIpc) is 2.97. The van der Waals surface area contributed by atoms with Crippen LogP contribution in [0.15, 0.2) is 6.07 Å². The molecule has 0 aliphatic heterocycles. The van der Waals surface area contributed by atoms with E-state index < -0.39 is 34.9 Å². The normalized spacial score (nSPS) is 17.9. The SMILES string of the molecule is OC(c1c(F)cc(F)c(F)c1F)C1CC1. The van der Waals surface area contributed by atoms with Crippen molar-refractivity contribution in [2.24, 2.45) is 5.92 Å². The van der Waals surface area contributed by atoms with Gasteiger partial charge in [-0.3, -0.25) is 0 Å². The molecule has 0 radical (unpaired) electrons. The third-order valence-corrected chi connectivity index (χ3v) is 2.51. The van der Waals surface area contributed by atoms with E-state index in [1.807, 2.05) is 0 Å². The zero-order valence-electron chi connectivity index (χ0n) is 7.61. The van der Waals surface area contributed by atoms with Crippen LogP contribution < -0.4 is 0 Å². The van der Waals surface area contributed by atoms with Gasteiger partial charge in [-0.1, -0.05) is 0 Å². The van der Waals surface area contributed by atoms with Crippen LogP contribution in [0.4, 0.5) is 17.6 Å². The van der Waals surface area contributed by atoms with Crippen LogP contribution in [0.2, 0.25) is 0 Å². The van der Waals surface area contributed by atoms with E-state index in [1.54, 1.807) is 0 Å². The number of aliphatic hydroxyl groups is 1. The predicted molar refractivity (Wildman–Crippen MR) is 44.0 cm³/mol. The van der Waals surface area contributed by atoms with E-state index in [-0.39, 0.29) is 12.0 Å². The second-order valence-electron chi connectivity index (χ2n) is 3.66. The van der Waals surface area contributed by atoms with E-state index in [0.717, 1.165) is 0 Å². The summed E-state index contributed by atoms with van der Waals surface area (Å²) < 4.78 is 51.6. The number of aliphatic hydroxyl groups excluding tert-OH is 1. The Morgan fingerprint density at radius 3 is 2.20 bits per heavy atom. The topological polar surface area (TPSA) is 20.2 Å². The van der Waals surface area contributed by atoms with Crippen molar-refractivity contribution in [2.45, 2.75) is 18.9 Å². The zero-order valence-corrected chi connectivity index (χ0v) is 7.61. The maximum Gasteiger partial charge on any atom is 0.194 e. The molecule has 1 atom stereocenters. The summed E-state index contributed by atoms with van der Waals surface area (Å²) >= 11 is 0. The fourth-order valence-corrected chi connectivity index (χ4v) is 1.50. The molecule has 1 fully saturated rings. The molecule has 1 N–H and O–H groups in total. The molecule has 1 unspecified atom stereocenters. The summed E-state index contributed by atoms with van der Waals surface area (Å²) in [5, 5.41) is 9.47. The number of halogens is 4. The highest BCUT2D eigenvalue weighted by Crippen LogP contribution is 2.42. The van der Waals surface area contributed by atoms with Crippen LogP contribution in [0.25, 0.3) is 0 Å². The van der Waals surface area contributed by atoms with E-state index >= 15 is 0 Å². The molecular weight excluding hydrogens is 212 g/mol. The molecule has 0 aromatic heterocycles. The lowest BCUT2D eigenvalue weighted by atomic mass is 10.0. The van der Waals surface area contributed by atoms with Gasteiger partial charge < -0.3 is 5.11 Å². The van der Waals surface area contributed by atoms with E-state index in [2.05, 4.69) is 0 Å². The first-order valence-corrected chi connectivity index (χ1v) is 4.53. The average molecular weight is 220 g/mol. The van der Waals surface area contributed by atoms with Gasteiger partial charge in [0, 0.05) is 6.07 Å². The number of benzene rings is 1. The number of rotatable bonds is 2. The maximum absolute atomic E-state index is 13.1. The molecule has 15 heavy (non-hydrogen) atoms. The Labute approximate surface area is 83.3 Å². The minimum absolute atomic E-state index is 0.249. The van der Waals surface area contributed by atoms with Crippen LogP contribution in [-0.4, -0.2) is 5.11 Å². The Morgan fingerprint density at radius 2 is 1.67 bits per heavy atom. The van der Waals surface area contributed by atoms with Crippen LogP contribution in [0.5, 0.6) is 0 Å². The fourth-order valence-electron chi connectivity index (χ4n) is 1.50. The van der Waals surface area contributed by atoms with Gasteiger partial charge in [0.05, 0.1) is 11.7 Å². The van der Waals surface area contributed by atoms with Crippen LogP contribution in [0, 0.1) is 29.2 Å². The van der Waals surface area contributed by atoms with E-state index in [0.29, 0.717) is 12.8 Å². The van der Waals surface area contributed by atoms with Crippen molar-refractivity contribution in [3.05, 3.63) is 34.9 Å². The second-order valence-corrected chi connectivity index (χ2v) is 3.66. The quantitative estimate of drug-likeness (QED) is 0.461. The van der Waals surface area contributed by atoms with Gasteiger partial charge in [0.1, 0.15) is 5.82 Å². The molecule has 1 aromatic carbocycles. The highest BCUT2D eigenvalue weighted by atomic mass is 19.2. The highest BCUT2D eigenvalue weighted by molar-refractivity contribution is 5.25. The molecule has 2 rings (SSSR count). The molecule has 5 heteroatoms. The third kappa shape index (κ3) is 1.71. The van der Waals surface area contributed by atoms with Crippen molar-refractivity contribution >= 4 is 0 Å². The first-order valence-electron chi connectivity index (χ1n) is 4.53. The van der Waals surface area contributed by atoms with Gasteiger partial charge in [-0.05, 0) is 18.8 Å². The second kappa shape index (κ2) is 3.48. The molecule has 0 bridgehead atoms. The first kappa shape index (κ1) is 10.4. The highest BCUT2D eigenvalue weighted by Gasteiger charge is 2.35. The van der Waals surface area contributed by atoms with Gasteiger partial charge >= 0.3 is 0 Å². The Hall–Kier alpha value is -1.10. The van der Waals surface area contributed by atoms with Crippen molar-refractivity contribution in [1.29, 1.82) is 0 Å². The molecule has 1 nitrogen and oxygen atoms in total. The molecule has 0 spiro atoms. The van der Waals surface area contributed by atoms with Gasteiger partial charge in [0.2, 0.25) is 0 Å². The predicted octanol–water partition coefficient (Wildman–Crippen LogP) is 2.69. The van der Waals surface area contributed by atoms with Crippen LogP contribution in [-0.2, 0) is 0 Å². The lowest BCUT2D eigenvalue weighted by molar-refractivity contribution is 0.142. The monoisotopic (exact) mass is 220 g/mol. The van der Waals surface area contributed by atoms with Crippen molar-refractivity contribution in [3.8, 4) is 0 Å². The van der Waals surface area contributed by atoms with E-state index in [9.17, 15) is 22.7 Å². The van der Waals surface area contributed by atoms with Crippen LogP contribution in [0.3, 0.4) is 0 Å².